The van der Waals surface area contributed by atoms with Crippen LogP contribution in [-0.2, 0) is 0 Å². The maximum absolute atomic E-state index is 12.1. The molecule has 0 fully saturated rings. The molecular weight excluding hydrogens is 338 g/mol. The largest absolute Gasteiger partial charge is 0.502 e. The Balaban J connectivity index is 1.70. The van der Waals surface area contributed by atoms with Gasteiger partial charge in [-0.15, -0.1) is 0 Å². The number of rotatable bonds is 5. The molecule has 0 saturated carbocycles. The van der Waals surface area contributed by atoms with Crippen LogP contribution in [0, 0.1) is 10.1 Å². The predicted molar refractivity (Wildman–Crippen MR) is 93.8 cm³/mol. The second kappa shape index (κ2) is 7.26. The number of H-pyrrole nitrogens is 1. The third kappa shape index (κ3) is 3.56. The lowest BCUT2D eigenvalue weighted by molar-refractivity contribution is -0.385. The van der Waals surface area contributed by atoms with E-state index < -0.39 is 22.3 Å². The van der Waals surface area contributed by atoms with Gasteiger partial charge in [-0.05, 0) is 12.1 Å². The van der Waals surface area contributed by atoms with Gasteiger partial charge >= 0.3 is 5.69 Å². The Labute approximate surface area is 147 Å². The fourth-order valence-electron chi connectivity index (χ4n) is 2.22. The number of carbonyl (C=O) groups is 1. The fraction of sp³-hybridized carbons (Fsp3) is 0. The predicted octanol–water partition coefficient (Wildman–Crippen LogP) is 2.45. The number of aromatic amines is 1. The highest BCUT2D eigenvalue weighted by Gasteiger charge is 2.15. The zero-order valence-electron chi connectivity index (χ0n) is 13.3. The maximum Gasteiger partial charge on any atom is 0.311 e. The summed E-state index contributed by atoms with van der Waals surface area (Å²) < 4.78 is 0. The van der Waals surface area contributed by atoms with Crippen molar-refractivity contribution in [1.29, 1.82) is 0 Å². The summed E-state index contributed by atoms with van der Waals surface area (Å²) in [6.45, 7) is 0. The van der Waals surface area contributed by atoms with Crippen molar-refractivity contribution >= 4 is 17.8 Å². The molecule has 2 aromatic carbocycles. The Morgan fingerprint density at radius 1 is 1.23 bits per heavy atom. The molecule has 9 heteroatoms. The average Bonchev–Trinajstić information content (AvgIpc) is 3.14. The quantitative estimate of drug-likeness (QED) is 0.369. The van der Waals surface area contributed by atoms with Gasteiger partial charge in [0, 0.05) is 17.2 Å². The van der Waals surface area contributed by atoms with Crippen LogP contribution in [0.15, 0.2) is 59.7 Å². The second-order valence-electron chi connectivity index (χ2n) is 5.20. The van der Waals surface area contributed by atoms with Gasteiger partial charge in [0.15, 0.2) is 0 Å². The number of carbonyl (C=O) groups excluding carboxylic acids is 1. The molecule has 0 bridgehead atoms. The van der Waals surface area contributed by atoms with Crippen molar-refractivity contribution < 1.29 is 14.8 Å². The number of nitro groups is 1. The average molecular weight is 351 g/mol. The van der Waals surface area contributed by atoms with Crippen molar-refractivity contribution in [2.75, 3.05) is 0 Å². The third-order valence-corrected chi connectivity index (χ3v) is 3.50. The van der Waals surface area contributed by atoms with Crippen LogP contribution in [0.2, 0.25) is 0 Å². The maximum atomic E-state index is 12.1. The van der Waals surface area contributed by atoms with Gasteiger partial charge in [-0.2, -0.15) is 10.2 Å². The van der Waals surface area contributed by atoms with Gasteiger partial charge in [-0.25, -0.2) is 5.43 Å². The number of phenolic OH excluding ortho intramolecular Hbond substituents is 1. The molecule has 0 spiro atoms. The number of phenols is 1. The molecule has 3 aromatic rings. The zero-order valence-corrected chi connectivity index (χ0v) is 13.3. The third-order valence-electron chi connectivity index (χ3n) is 3.50. The summed E-state index contributed by atoms with van der Waals surface area (Å²) in [7, 11) is 0. The van der Waals surface area contributed by atoms with Gasteiger partial charge in [0.2, 0.25) is 5.75 Å². The number of nitrogens with one attached hydrogen (secondary N) is 2. The molecule has 0 aliphatic carbocycles. The van der Waals surface area contributed by atoms with Crippen molar-refractivity contribution in [2.45, 2.75) is 0 Å². The first-order valence-corrected chi connectivity index (χ1v) is 7.47. The van der Waals surface area contributed by atoms with Crippen LogP contribution in [-0.4, -0.2) is 32.3 Å². The van der Waals surface area contributed by atoms with Crippen LogP contribution in [0.1, 0.15) is 16.1 Å². The number of para-hydroxylation sites is 1. The second-order valence-corrected chi connectivity index (χ2v) is 5.20. The first kappa shape index (κ1) is 16.8. The van der Waals surface area contributed by atoms with E-state index >= 15 is 0 Å². The molecule has 1 heterocycles. The number of benzene rings is 2. The molecule has 9 nitrogen and oxygen atoms in total. The van der Waals surface area contributed by atoms with Crippen molar-refractivity contribution in [3.63, 3.8) is 0 Å². The highest BCUT2D eigenvalue weighted by molar-refractivity contribution is 5.94. The summed E-state index contributed by atoms with van der Waals surface area (Å²) in [5, 5.41) is 31.0. The lowest BCUT2D eigenvalue weighted by Gasteiger charge is -2.00. The molecule has 3 N–H and O–H groups in total. The Kier molecular flexibility index (Phi) is 4.70. The molecule has 0 aliphatic heterocycles. The van der Waals surface area contributed by atoms with E-state index in [1.165, 1.54) is 18.2 Å². The fourth-order valence-corrected chi connectivity index (χ4v) is 2.22. The zero-order chi connectivity index (χ0) is 18.5. The molecule has 0 unspecified atom stereocenters. The Morgan fingerprint density at radius 2 is 2.00 bits per heavy atom. The van der Waals surface area contributed by atoms with Gasteiger partial charge < -0.3 is 5.11 Å². The number of hydrogen-bond acceptors (Lipinski definition) is 6. The Bertz CT molecular complexity index is 982. The van der Waals surface area contributed by atoms with E-state index in [2.05, 4.69) is 20.7 Å². The highest BCUT2D eigenvalue weighted by Crippen LogP contribution is 2.27. The van der Waals surface area contributed by atoms with Gasteiger partial charge in [-0.3, -0.25) is 20.0 Å². The first-order chi connectivity index (χ1) is 12.6. The number of amides is 1. The monoisotopic (exact) mass is 351 g/mol. The minimum atomic E-state index is -0.707. The van der Waals surface area contributed by atoms with Crippen LogP contribution in [0.25, 0.3) is 11.3 Å². The number of aromatic hydroxyl groups is 1. The smallest absolute Gasteiger partial charge is 0.311 e. The standard InChI is InChI=1S/C17H13N5O4/c23-16-12(7-4-8-15(16)22(25)26)10-18-21-17(24)14-9-13(19-20-14)11-5-2-1-3-6-11/h1-10,23H,(H,19,20)(H,21,24). The molecule has 130 valence electrons. The van der Waals surface area contributed by atoms with Crippen LogP contribution in [0.3, 0.4) is 0 Å². The molecule has 0 atom stereocenters. The Hall–Kier alpha value is -4.01. The van der Waals surface area contributed by atoms with E-state index in [9.17, 15) is 20.0 Å². The Morgan fingerprint density at radius 3 is 2.73 bits per heavy atom. The van der Waals surface area contributed by atoms with E-state index in [-0.39, 0.29) is 11.3 Å². The van der Waals surface area contributed by atoms with Crippen LogP contribution >= 0.6 is 0 Å². The highest BCUT2D eigenvalue weighted by atomic mass is 16.6. The molecule has 0 radical (unpaired) electrons. The van der Waals surface area contributed by atoms with E-state index in [1.54, 1.807) is 6.07 Å². The van der Waals surface area contributed by atoms with Crippen LogP contribution < -0.4 is 5.43 Å². The number of nitrogens with zero attached hydrogens (tertiary/aromatic N) is 3. The first-order valence-electron chi connectivity index (χ1n) is 7.47. The minimum absolute atomic E-state index is 0.106. The molecule has 1 amide bonds. The molecule has 0 saturated heterocycles. The van der Waals surface area contributed by atoms with Crippen LogP contribution in [0.4, 0.5) is 5.69 Å². The summed E-state index contributed by atoms with van der Waals surface area (Å²) in [6, 6.07) is 14.9. The minimum Gasteiger partial charge on any atom is -0.502 e. The number of nitro benzene ring substituents is 1. The molecule has 3 rings (SSSR count). The SMILES string of the molecule is O=C(NN=Cc1cccc([N+](=O)[O-])c1O)c1cc(-c2ccccc2)n[nH]1. The van der Waals surface area contributed by atoms with Gasteiger partial charge in [0.25, 0.3) is 5.91 Å². The van der Waals surface area contributed by atoms with Crippen molar-refractivity contribution in [3.8, 4) is 17.0 Å². The van der Waals surface area contributed by atoms with Crippen molar-refractivity contribution in [1.82, 2.24) is 15.6 Å². The number of hydrazone groups is 1. The van der Waals surface area contributed by atoms with Crippen LogP contribution in [0.5, 0.6) is 5.75 Å². The van der Waals surface area contributed by atoms with Gasteiger partial charge in [0.05, 0.1) is 16.8 Å². The number of hydrogen-bond donors (Lipinski definition) is 3. The summed E-state index contributed by atoms with van der Waals surface area (Å²) in [5.74, 6) is -1.07. The topological polar surface area (TPSA) is 134 Å². The lowest BCUT2D eigenvalue weighted by atomic mass is 10.1. The van der Waals surface area contributed by atoms with E-state index in [1.807, 2.05) is 30.3 Å². The van der Waals surface area contributed by atoms with Gasteiger partial charge in [0.1, 0.15) is 5.69 Å². The normalized spacial score (nSPS) is 10.8. The summed E-state index contributed by atoms with van der Waals surface area (Å²) in [5.41, 5.74) is 3.59. The lowest BCUT2D eigenvalue weighted by Crippen LogP contribution is -2.18. The molecule has 1 aromatic heterocycles. The van der Waals surface area contributed by atoms with Crippen molar-refractivity contribution in [3.05, 3.63) is 76.0 Å². The van der Waals surface area contributed by atoms with E-state index in [0.717, 1.165) is 11.8 Å². The summed E-state index contributed by atoms with van der Waals surface area (Å²) in [4.78, 5) is 22.1. The van der Waals surface area contributed by atoms with Crippen molar-refractivity contribution in [2.24, 2.45) is 5.10 Å². The number of aromatic nitrogens is 2. The molecular formula is C17H13N5O4. The summed E-state index contributed by atoms with van der Waals surface area (Å²) in [6.07, 6.45) is 1.12. The van der Waals surface area contributed by atoms with E-state index in [4.69, 9.17) is 0 Å². The summed E-state index contributed by atoms with van der Waals surface area (Å²) >= 11 is 0. The molecule has 0 aliphatic rings. The van der Waals surface area contributed by atoms with Gasteiger partial charge in [-0.1, -0.05) is 36.4 Å². The van der Waals surface area contributed by atoms with E-state index in [0.29, 0.717) is 5.69 Å². The molecule has 26 heavy (non-hydrogen) atoms.